The molecule has 2 aromatic carbocycles. The maximum Gasteiger partial charge on any atom is 0.162 e. The van der Waals surface area contributed by atoms with Crippen molar-refractivity contribution in [1.29, 1.82) is 0 Å². The van der Waals surface area contributed by atoms with Gasteiger partial charge in [-0.15, -0.1) is 11.3 Å². The molecule has 4 rings (SSSR count). The van der Waals surface area contributed by atoms with E-state index in [1.165, 1.54) is 15.8 Å². The molecule has 0 saturated carbocycles. The van der Waals surface area contributed by atoms with E-state index in [0.29, 0.717) is 12.5 Å². The lowest BCUT2D eigenvalue weighted by molar-refractivity contribution is 0.0287. The van der Waals surface area contributed by atoms with E-state index in [1.54, 1.807) is 11.3 Å². The van der Waals surface area contributed by atoms with E-state index in [1.807, 2.05) is 25.2 Å². The maximum atomic E-state index is 13.3. The molecule has 2 heterocycles. The summed E-state index contributed by atoms with van der Waals surface area (Å²) in [5.74, 6) is -1.30. The Balaban J connectivity index is 1.33. The first-order valence-electron chi connectivity index (χ1n) is 10.1. The van der Waals surface area contributed by atoms with Crippen LogP contribution in [0.2, 0.25) is 0 Å². The van der Waals surface area contributed by atoms with Gasteiger partial charge in [-0.25, -0.2) is 13.8 Å². The highest BCUT2D eigenvalue weighted by molar-refractivity contribution is 7.18. The number of benzene rings is 2. The highest BCUT2D eigenvalue weighted by atomic mass is 32.1. The van der Waals surface area contributed by atoms with E-state index in [4.69, 9.17) is 9.72 Å². The summed E-state index contributed by atoms with van der Waals surface area (Å²) in [6, 6.07) is 11.5. The van der Waals surface area contributed by atoms with Crippen molar-refractivity contribution < 1.29 is 18.6 Å². The number of halogens is 2. The van der Waals surface area contributed by atoms with Gasteiger partial charge in [0.2, 0.25) is 0 Å². The third kappa shape index (κ3) is 4.78. The van der Waals surface area contributed by atoms with Gasteiger partial charge in [0.25, 0.3) is 0 Å². The number of hydrogen-bond donors (Lipinski definition) is 2. The maximum absolute atomic E-state index is 13.3. The third-order valence-corrected chi connectivity index (χ3v) is 6.68. The molecule has 160 valence electrons. The van der Waals surface area contributed by atoms with Gasteiger partial charge in [0, 0.05) is 25.1 Å². The second kappa shape index (κ2) is 9.34. The van der Waals surface area contributed by atoms with Crippen molar-refractivity contribution >= 4 is 21.6 Å². The number of ether oxygens (including phenoxy) is 1. The van der Waals surface area contributed by atoms with E-state index in [0.717, 1.165) is 37.0 Å². The lowest BCUT2D eigenvalue weighted by atomic mass is 9.94. The van der Waals surface area contributed by atoms with Gasteiger partial charge in [-0.1, -0.05) is 12.1 Å². The number of thiazole rings is 1. The van der Waals surface area contributed by atoms with Crippen molar-refractivity contribution in [2.45, 2.75) is 31.0 Å². The van der Waals surface area contributed by atoms with Crippen molar-refractivity contribution in [2.75, 3.05) is 26.7 Å². The first-order valence-corrected chi connectivity index (χ1v) is 10.9. The van der Waals surface area contributed by atoms with E-state index in [9.17, 15) is 13.9 Å². The van der Waals surface area contributed by atoms with Crippen LogP contribution in [0.25, 0.3) is 10.2 Å². The average Bonchev–Trinajstić information content (AvgIpc) is 3.19. The summed E-state index contributed by atoms with van der Waals surface area (Å²) in [6.45, 7) is 1.27. The van der Waals surface area contributed by atoms with E-state index in [2.05, 4.69) is 16.3 Å². The van der Waals surface area contributed by atoms with Gasteiger partial charge >= 0.3 is 0 Å². The molecule has 1 aliphatic heterocycles. The molecule has 3 aromatic rings. The molecule has 1 fully saturated rings. The number of hydrogen-bond acceptors (Lipinski definition) is 6. The second-order valence-electron chi connectivity index (χ2n) is 7.58. The minimum Gasteiger partial charge on any atom is -0.491 e. The van der Waals surface area contributed by atoms with Crippen LogP contribution in [0, 0.1) is 11.6 Å². The van der Waals surface area contributed by atoms with Crippen LogP contribution < -0.4 is 10.1 Å². The fourth-order valence-corrected chi connectivity index (χ4v) is 5.02. The molecule has 8 heteroatoms. The van der Waals surface area contributed by atoms with E-state index >= 15 is 0 Å². The van der Waals surface area contributed by atoms with E-state index in [-0.39, 0.29) is 18.5 Å². The molecule has 3 atom stereocenters. The van der Waals surface area contributed by atoms with Crippen molar-refractivity contribution in [1.82, 2.24) is 15.2 Å². The number of nitrogens with one attached hydrogen (secondary N) is 1. The van der Waals surface area contributed by atoms with Crippen molar-refractivity contribution in [2.24, 2.45) is 0 Å². The van der Waals surface area contributed by atoms with Gasteiger partial charge in [0.05, 0.1) is 21.4 Å². The zero-order valence-electron chi connectivity index (χ0n) is 16.7. The average molecular weight is 434 g/mol. The number of fused-ring (bicyclic) bond motifs is 1. The summed E-state index contributed by atoms with van der Waals surface area (Å²) in [6.07, 6.45) is 1.25. The molecule has 0 spiro atoms. The van der Waals surface area contributed by atoms with Gasteiger partial charge in [0.15, 0.2) is 11.6 Å². The summed E-state index contributed by atoms with van der Waals surface area (Å²) < 4.78 is 32.9. The monoisotopic (exact) mass is 433 g/mol. The van der Waals surface area contributed by atoms with Crippen LogP contribution in [0.1, 0.15) is 23.8 Å². The molecular formula is C22H25F2N3O2S. The summed E-state index contributed by atoms with van der Waals surface area (Å²) in [5, 5.41) is 14.9. The second-order valence-corrected chi connectivity index (χ2v) is 8.64. The molecule has 30 heavy (non-hydrogen) atoms. The zero-order chi connectivity index (χ0) is 21.1. The SMILES string of the molecule is CNC1CC(c2nc3ccccc3s2)CCN1C[C@H](O)COc1ccc(F)c(F)c1. The van der Waals surface area contributed by atoms with Gasteiger partial charge in [-0.05, 0) is 44.2 Å². The van der Waals surface area contributed by atoms with Gasteiger partial charge < -0.3 is 15.2 Å². The minimum absolute atomic E-state index is 0.0132. The van der Waals surface area contributed by atoms with Crippen LogP contribution in [-0.2, 0) is 0 Å². The van der Waals surface area contributed by atoms with Crippen molar-refractivity contribution in [3.05, 3.63) is 59.1 Å². The summed E-state index contributed by atoms with van der Waals surface area (Å²) in [5.41, 5.74) is 1.05. The van der Waals surface area contributed by atoms with E-state index < -0.39 is 17.7 Å². The molecule has 1 aliphatic rings. The molecule has 0 radical (unpaired) electrons. The van der Waals surface area contributed by atoms with Crippen LogP contribution >= 0.6 is 11.3 Å². The fourth-order valence-electron chi connectivity index (χ4n) is 3.90. The Morgan fingerprint density at radius 1 is 1.27 bits per heavy atom. The Morgan fingerprint density at radius 3 is 2.87 bits per heavy atom. The molecule has 0 bridgehead atoms. The normalized spacial score (nSPS) is 21.1. The van der Waals surface area contributed by atoms with Crippen LogP contribution in [-0.4, -0.2) is 54.0 Å². The number of aromatic nitrogens is 1. The molecule has 0 amide bonds. The van der Waals surface area contributed by atoms with Gasteiger partial charge in [0.1, 0.15) is 18.5 Å². The number of β-amino-alcohol motifs (C(OH)–C–C–N with tert-alkyl or cyclic N) is 1. The highest BCUT2D eigenvalue weighted by Crippen LogP contribution is 2.35. The molecule has 5 nitrogen and oxygen atoms in total. The summed E-state index contributed by atoms with van der Waals surface area (Å²) in [4.78, 5) is 7.01. The van der Waals surface area contributed by atoms with Crippen LogP contribution in [0.3, 0.4) is 0 Å². The Kier molecular flexibility index (Phi) is 6.58. The number of rotatable bonds is 7. The zero-order valence-corrected chi connectivity index (χ0v) is 17.5. The Bertz CT molecular complexity index is 966. The molecule has 2 unspecified atom stereocenters. The number of likely N-dealkylation sites (tertiary alicyclic amines) is 1. The highest BCUT2D eigenvalue weighted by Gasteiger charge is 2.31. The van der Waals surface area contributed by atoms with Crippen LogP contribution in [0.15, 0.2) is 42.5 Å². The van der Waals surface area contributed by atoms with Gasteiger partial charge in [-0.3, -0.25) is 4.90 Å². The molecule has 1 aromatic heterocycles. The predicted octanol–water partition coefficient (Wildman–Crippen LogP) is 3.74. The number of piperidine rings is 1. The number of nitrogens with zero attached hydrogens (tertiary/aromatic N) is 2. The first kappa shape index (κ1) is 21.1. The van der Waals surface area contributed by atoms with Crippen molar-refractivity contribution in [3.63, 3.8) is 0 Å². The number of aliphatic hydroxyl groups is 1. The Morgan fingerprint density at radius 2 is 2.10 bits per heavy atom. The quantitative estimate of drug-likeness (QED) is 0.595. The first-order chi connectivity index (χ1) is 14.5. The molecule has 0 aliphatic carbocycles. The summed E-state index contributed by atoms with van der Waals surface area (Å²) >= 11 is 1.76. The van der Waals surface area contributed by atoms with Crippen LogP contribution in [0.4, 0.5) is 8.78 Å². The third-order valence-electron chi connectivity index (χ3n) is 5.48. The van der Waals surface area contributed by atoms with Crippen molar-refractivity contribution in [3.8, 4) is 5.75 Å². The number of para-hydroxylation sites is 1. The Hall–Kier alpha value is -2.13. The molecule has 2 N–H and O–H groups in total. The predicted molar refractivity (Wildman–Crippen MR) is 114 cm³/mol. The molecule has 1 saturated heterocycles. The Labute approximate surface area is 178 Å². The lowest BCUT2D eigenvalue weighted by Crippen LogP contribution is -2.52. The molecular weight excluding hydrogens is 408 g/mol. The largest absolute Gasteiger partial charge is 0.491 e. The lowest BCUT2D eigenvalue weighted by Gasteiger charge is -2.39. The minimum atomic E-state index is -0.964. The smallest absolute Gasteiger partial charge is 0.162 e. The number of aliphatic hydroxyl groups excluding tert-OH is 1. The summed E-state index contributed by atoms with van der Waals surface area (Å²) in [7, 11) is 1.92. The van der Waals surface area contributed by atoms with Crippen LogP contribution in [0.5, 0.6) is 5.75 Å². The topological polar surface area (TPSA) is 57.6 Å². The fraction of sp³-hybridized carbons (Fsp3) is 0.409. The van der Waals surface area contributed by atoms with Gasteiger partial charge in [-0.2, -0.15) is 0 Å². The standard InChI is InChI=1S/C22H25F2N3O2S/c1-25-21-10-14(22-26-19-4-2-3-5-20(19)30-22)8-9-27(21)12-15(28)13-29-16-6-7-17(23)18(24)11-16/h2-7,11,14-15,21,25,28H,8-10,12-13H2,1H3/t14?,15-,21?/m0/s1.